The molecule has 0 aromatic heterocycles. The molecule has 0 saturated carbocycles. The van der Waals surface area contributed by atoms with Crippen LogP contribution >= 0.6 is 0 Å². The van der Waals surface area contributed by atoms with Crippen LogP contribution in [0, 0.1) is 11.8 Å². The molecule has 0 amide bonds. The molecule has 1 aromatic rings. The fourth-order valence-corrected chi connectivity index (χ4v) is 2.80. The zero-order valence-corrected chi connectivity index (χ0v) is 16.9. The smallest absolute Gasteiger partial charge is 0.389 e. The minimum Gasteiger partial charge on any atom is -0.461 e. The van der Waals surface area contributed by atoms with Crippen LogP contribution in [0.15, 0.2) is 30.3 Å². The third-order valence-electron chi connectivity index (χ3n) is 4.11. The van der Waals surface area contributed by atoms with Gasteiger partial charge in [0.2, 0.25) is 0 Å². The lowest BCUT2D eigenvalue weighted by atomic mass is 9.84. The molecule has 29 heavy (non-hydrogen) atoms. The summed E-state index contributed by atoms with van der Waals surface area (Å²) in [6.07, 6.45) is -6.56. The van der Waals surface area contributed by atoms with Crippen LogP contribution < -0.4 is 0 Å². The van der Waals surface area contributed by atoms with E-state index >= 15 is 0 Å². The summed E-state index contributed by atoms with van der Waals surface area (Å²) in [5.74, 6) is -4.33. The average Bonchev–Trinajstić information content (AvgIpc) is 2.60. The first-order chi connectivity index (χ1) is 13.4. The first kappa shape index (κ1) is 24.9. The van der Waals surface area contributed by atoms with Gasteiger partial charge in [-0.15, -0.1) is 0 Å². The third kappa shape index (κ3) is 10.3. The number of hydrogen-bond donors (Lipinski definition) is 0. The number of halogens is 4. The van der Waals surface area contributed by atoms with Crippen LogP contribution in [-0.4, -0.2) is 30.4 Å². The van der Waals surface area contributed by atoms with Gasteiger partial charge in [-0.05, 0) is 45.6 Å². The standard InChI is InChI=1S/C21H28F4O4/c1-20(2,3)29-19(27)17(11-12-21(23,24)25)16(10-7-13-22)18(26)28-14-15-8-5-4-6-9-15/h4-6,8-9,16-17H,7,10-14H2,1-3H3/t16-,17+/m1/s1. The van der Waals surface area contributed by atoms with Crippen LogP contribution in [0.3, 0.4) is 0 Å². The van der Waals surface area contributed by atoms with Crippen molar-refractivity contribution in [3.63, 3.8) is 0 Å². The summed E-state index contributed by atoms with van der Waals surface area (Å²) in [4.78, 5) is 25.2. The molecule has 1 aromatic carbocycles. The lowest BCUT2D eigenvalue weighted by Crippen LogP contribution is -2.37. The van der Waals surface area contributed by atoms with Gasteiger partial charge < -0.3 is 9.47 Å². The lowest BCUT2D eigenvalue weighted by molar-refractivity contribution is -0.173. The number of ether oxygens (including phenoxy) is 2. The van der Waals surface area contributed by atoms with Crippen molar-refractivity contribution >= 4 is 11.9 Å². The number of alkyl halides is 4. The van der Waals surface area contributed by atoms with Crippen molar-refractivity contribution in [3.05, 3.63) is 35.9 Å². The molecule has 2 atom stereocenters. The molecule has 0 N–H and O–H groups in total. The molecule has 0 unspecified atom stereocenters. The van der Waals surface area contributed by atoms with Crippen molar-refractivity contribution in [2.75, 3.05) is 6.67 Å². The van der Waals surface area contributed by atoms with Gasteiger partial charge >= 0.3 is 18.1 Å². The van der Waals surface area contributed by atoms with Gasteiger partial charge in [-0.1, -0.05) is 30.3 Å². The first-order valence-corrected chi connectivity index (χ1v) is 9.49. The molecule has 0 radical (unpaired) electrons. The van der Waals surface area contributed by atoms with Crippen molar-refractivity contribution in [1.29, 1.82) is 0 Å². The number of carbonyl (C=O) groups excluding carboxylic acids is 2. The van der Waals surface area contributed by atoms with Gasteiger partial charge in [0, 0.05) is 6.42 Å². The van der Waals surface area contributed by atoms with E-state index in [1.54, 1.807) is 51.1 Å². The summed E-state index contributed by atoms with van der Waals surface area (Å²) in [6, 6.07) is 8.72. The lowest BCUT2D eigenvalue weighted by Gasteiger charge is -2.28. The second-order valence-corrected chi connectivity index (χ2v) is 7.82. The number of esters is 2. The summed E-state index contributed by atoms with van der Waals surface area (Å²) >= 11 is 0. The fraction of sp³-hybridized carbons (Fsp3) is 0.619. The van der Waals surface area contributed by atoms with Crippen molar-refractivity contribution in [1.82, 2.24) is 0 Å². The Balaban J connectivity index is 3.00. The topological polar surface area (TPSA) is 52.6 Å². The quantitative estimate of drug-likeness (QED) is 0.376. The van der Waals surface area contributed by atoms with Crippen molar-refractivity contribution < 1.29 is 36.6 Å². The maximum Gasteiger partial charge on any atom is 0.389 e. The largest absolute Gasteiger partial charge is 0.461 e. The second kappa shape index (κ2) is 11.2. The van der Waals surface area contributed by atoms with Gasteiger partial charge in [-0.25, -0.2) is 0 Å². The zero-order chi connectivity index (χ0) is 22.1. The maximum absolute atomic E-state index is 12.8. The molecule has 0 bridgehead atoms. The summed E-state index contributed by atoms with van der Waals surface area (Å²) in [7, 11) is 0. The van der Waals surface area contributed by atoms with Gasteiger partial charge in [-0.3, -0.25) is 14.0 Å². The molecule has 1 rings (SSSR count). The van der Waals surface area contributed by atoms with Gasteiger partial charge in [-0.2, -0.15) is 13.2 Å². The van der Waals surface area contributed by atoms with Gasteiger partial charge in [0.1, 0.15) is 12.2 Å². The number of rotatable bonds is 10. The summed E-state index contributed by atoms with van der Waals surface area (Å²) in [6.45, 7) is 3.89. The minimum atomic E-state index is -4.50. The van der Waals surface area contributed by atoms with Gasteiger partial charge in [0.05, 0.1) is 18.5 Å². The van der Waals surface area contributed by atoms with Crippen LogP contribution in [0.1, 0.15) is 52.0 Å². The Kier molecular flexibility index (Phi) is 9.59. The number of carbonyl (C=O) groups is 2. The van der Waals surface area contributed by atoms with Crippen LogP contribution in [0.25, 0.3) is 0 Å². The molecule has 164 valence electrons. The van der Waals surface area contributed by atoms with E-state index in [0.29, 0.717) is 5.56 Å². The van der Waals surface area contributed by atoms with Crippen molar-refractivity contribution in [3.8, 4) is 0 Å². The van der Waals surface area contributed by atoms with E-state index < -0.39 is 55.1 Å². The first-order valence-electron chi connectivity index (χ1n) is 9.49. The normalized spacial score (nSPS) is 14.2. The van der Waals surface area contributed by atoms with Crippen LogP contribution in [-0.2, 0) is 25.7 Å². The highest BCUT2D eigenvalue weighted by atomic mass is 19.4. The molecule has 0 heterocycles. The van der Waals surface area contributed by atoms with E-state index in [0.717, 1.165) is 0 Å². The van der Waals surface area contributed by atoms with Crippen molar-refractivity contribution in [2.45, 2.75) is 64.8 Å². The molecular formula is C21H28F4O4. The highest BCUT2D eigenvalue weighted by Gasteiger charge is 2.40. The molecule has 0 saturated heterocycles. The highest BCUT2D eigenvalue weighted by Crippen LogP contribution is 2.32. The molecule has 0 spiro atoms. The Morgan fingerprint density at radius 3 is 2.07 bits per heavy atom. The van der Waals surface area contributed by atoms with E-state index in [4.69, 9.17) is 9.47 Å². The Bertz CT molecular complexity index is 638. The Hall–Kier alpha value is -2.12. The fourth-order valence-electron chi connectivity index (χ4n) is 2.80. The van der Waals surface area contributed by atoms with E-state index in [2.05, 4.69) is 0 Å². The van der Waals surface area contributed by atoms with E-state index in [1.807, 2.05) is 0 Å². The number of benzene rings is 1. The third-order valence-corrected chi connectivity index (χ3v) is 4.11. The SMILES string of the molecule is CC(C)(C)OC(=O)[C@@H](CCC(F)(F)F)[C@@H](CCCF)C(=O)OCc1ccccc1. The van der Waals surface area contributed by atoms with Gasteiger partial charge in [0.15, 0.2) is 0 Å². The molecular weight excluding hydrogens is 392 g/mol. The Morgan fingerprint density at radius 2 is 1.55 bits per heavy atom. The van der Waals surface area contributed by atoms with Crippen LogP contribution in [0.2, 0.25) is 0 Å². The number of hydrogen-bond acceptors (Lipinski definition) is 4. The summed E-state index contributed by atoms with van der Waals surface area (Å²) < 4.78 is 61.5. The van der Waals surface area contributed by atoms with Crippen LogP contribution in [0.5, 0.6) is 0 Å². The second-order valence-electron chi connectivity index (χ2n) is 7.82. The van der Waals surface area contributed by atoms with E-state index in [-0.39, 0.29) is 19.4 Å². The molecule has 0 aliphatic rings. The van der Waals surface area contributed by atoms with Crippen LogP contribution in [0.4, 0.5) is 17.6 Å². The molecule has 8 heteroatoms. The molecule has 0 aliphatic heterocycles. The van der Waals surface area contributed by atoms with Crippen molar-refractivity contribution in [2.24, 2.45) is 11.8 Å². The predicted octanol–water partition coefficient (Wildman–Crippen LogP) is 5.40. The van der Waals surface area contributed by atoms with Gasteiger partial charge in [0.25, 0.3) is 0 Å². The molecule has 0 fully saturated rings. The Labute approximate surface area is 168 Å². The zero-order valence-electron chi connectivity index (χ0n) is 16.9. The molecule has 4 nitrogen and oxygen atoms in total. The monoisotopic (exact) mass is 420 g/mol. The van der Waals surface area contributed by atoms with E-state index in [1.165, 1.54) is 0 Å². The highest BCUT2D eigenvalue weighted by molar-refractivity contribution is 5.82. The Morgan fingerprint density at radius 1 is 0.966 bits per heavy atom. The summed E-state index contributed by atoms with van der Waals surface area (Å²) in [5, 5.41) is 0. The maximum atomic E-state index is 12.8. The minimum absolute atomic E-state index is 0.0730. The average molecular weight is 420 g/mol. The predicted molar refractivity (Wildman–Crippen MR) is 99.6 cm³/mol. The summed E-state index contributed by atoms with van der Waals surface area (Å²) in [5.41, 5.74) is -0.249. The molecule has 0 aliphatic carbocycles. The van der Waals surface area contributed by atoms with E-state index in [9.17, 15) is 27.2 Å².